The molecule has 1 heterocycles. The van der Waals surface area contributed by atoms with Crippen molar-refractivity contribution in [2.24, 2.45) is 11.8 Å². The fraction of sp³-hybridized carbons (Fsp3) is 0.680. The number of nitrogens with zero attached hydrogens (tertiary/aromatic N) is 2. The third-order valence-electron chi connectivity index (χ3n) is 6.83. The maximum Gasteiger partial charge on any atom is 0.257 e. The summed E-state index contributed by atoms with van der Waals surface area (Å²) in [5.41, 5.74) is 1.10. The highest BCUT2D eigenvalue weighted by Gasteiger charge is 2.29. The maximum atomic E-state index is 13.4. The standard InChI is InChI=1S/C25H39N3O4/c1-6-12-28-14-17(2)23(31-5)15-27(4)25(30)21-13-20(26-24(29)19-8-7-9-19)10-11-22(21)32-16-18(28)3/h10-11,13,17-19,23H,6-9,12,14-16H2,1-5H3,(H,26,29)/t17-,18-,23-/m0/s1. The summed E-state index contributed by atoms with van der Waals surface area (Å²) in [4.78, 5) is 29.9. The summed E-state index contributed by atoms with van der Waals surface area (Å²) in [7, 11) is 3.51. The Bertz CT molecular complexity index is 795. The van der Waals surface area contributed by atoms with Gasteiger partial charge in [-0.25, -0.2) is 0 Å². The predicted molar refractivity (Wildman–Crippen MR) is 126 cm³/mol. The lowest BCUT2D eigenvalue weighted by Gasteiger charge is -2.36. The summed E-state index contributed by atoms with van der Waals surface area (Å²) in [6.45, 7) is 9.37. The predicted octanol–water partition coefficient (Wildman–Crippen LogP) is 3.64. The third kappa shape index (κ3) is 5.81. The molecule has 1 fully saturated rings. The van der Waals surface area contributed by atoms with Crippen molar-refractivity contribution in [1.29, 1.82) is 0 Å². The number of carbonyl (C=O) groups is 2. The van der Waals surface area contributed by atoms with Crippen LogP contribution in [0.5, 0.6) is 5.75 Å². The van der Waals surface area contributed by atoms with Gasteiger partial charge in [-0.15, -0.1) is 0 Å². The first-order valence-corrected chi connectivity index (χ1v) is 11.9. The molecular weight excluding hydrogens is 406 g/mol. The lowest BCUT2D eigenvalue weighted by atomic mass is 9.85. The van der Waals surface area contributed by atoms with Crippen LogP contribution in [0.25, 0.3) is 0 Å². The number of rotatable bonds is 5. The van der Waals surface area contributed by atoms with Crippen LogP contribution in [0.3, 0.4) is 0 Å². The molecule has 3 atom stereocenters. The topological polar surface area (TPSA) is 71.1 Å². The molecule has 3 rings (SSSR count). The molecule has 2 aliphatic rings. The van der Waals surface area contributed by atoms with E-state index in [-0.39, 0.29) is 35.8 Å². The van der Waals surface area contributed by atoms with Crippen LogP contribution in [-0.4, -0.2) is 74.2 Å². The number of fused-ring (bicyclic) bond motifs is 1. The van der Waals surface area contributed by atoms with Crippen LogP contribution in [0, 0.1) is 11.8 Å². The van der Waals surface area contributed by atoms with E-state index >= 15 is 0 Å². The minimum atomic E-state index is -0.132. The number of anilines is 1. The Hall–Kier alpha value is -2.12. The molecule has 1 aromatic carbocycles. The third-order valence-corrected chi connectivity index (χ3v) is 6.83. The van der Waals surface area contributed by atoms with Crippen LogP contribution in [0.15, 0.2) is 18.2 Å². The van der Waals surface area contributed by atoms with E-state index in [1.54, 1.807) is 31.2 Å². The Kier molecular flexibility index (Phi) is 8.54. The van der Waals surface area contributed by atoms with E-state index in [0.29, 0.717) is 30.2 Å². The molecule has 2 amide bonds. The summed E-state index contributed by atoms with van der Waals surface area (Å²) in [6, 6.07) is 5.57. The van der Waals surface area contributed by atoms with Crippen molar-refractivity contribution in [3.8, 4) is 5.75 Å². The molecule has 1 aliphatic carbocycles. The van der Waals surface area contributed by atoms with Gasteiger partial charge in [0.1, 0.15) is 12.4 Å². The second kappa shape index (κ2) is 11.1. The number of amides is 2. The van der Waals surface area contributed by atoms with Crippen molar-refractivity contribution in [2.75, 3.05) is 45.7 Å². The Balaban J connectivity index is 1.89. The van der Waals surface area contributed by atoms with Gasteiger partial charge < -0.3 is 19.7 Å². The highest BCUT2D eigenvalue weighted by molar-refractivity contribution is 5.99. The molecule has 0 unspecified atom stereocenters. The number of likely N-dealkylation sites (N-methyl/N-ethyl adjacent to an activating group) is 1. The number of nitrogens with one attached hydrogen (secondary N) is 1. The molecule has 1 aliphatic heterocycles. The molecule has 178 valence electrons. The SMILES string of the molecule is CCCN1C[C@H](C)[C@@H](OC)CN(C)C(=O)c2cc(NC(=O)C3CCC3)ccc2OC[C@@H]1C. The van der Waals surface area contributed by atoms with Crippen LogP contribution >= 0.6 is 0 Å². The molecule has 0 spiro atoms. The molecule has 1 aromatic rings. The number of hydrogen-bond donors (Lipinski definition) is 1. The Morgan fingerprint density at radius 1 is 1.25 bits per heavy atom. The molecule has 1 saturated carbocycles. The number of ether oxygens (including phenoxy) is 2. The van der Waals surface area contributed by atoms with Gasteiger partial charge in [0.05, 0.1) is 11.7 Å². The van der Waals surface area contributed by atoms with Crippen LogP contribution in [0.2, 0.25) is 0 Å². The molecule has 0 radical (unpaired) electrons. The molecule has 7 heteroatoms. The van der Waals surface area contributed by atoms with Crippen molar-refractivity contribution in [1.82, 2.24) is 9.80 Å². The van der Waals surface area contributed by atoms with E-state index in [1.165, 1.54) is 0 Å². The number of hydrogen-bond acceptors (Lipinski definition) is 5. The molecule has 0 aromatic heterocycles. The second-order valence-corrected chi connectivity index (χ2v) is 9.42. The Morgan fingerprint density at radius 2 is 2.00 bits per heavy atom. The summed E-state index contributed by atoms with van der Waals surface area (Å²) < 4.78 is 12.0. The van der Waals surface area contributed by atoms with Gasteiger partial charge in [-0.1, -0.05) is 20.3 Å². The molecular formula is C25H39N3O4. The van der Waals surface area contributed by atoms with Gasteiger partial charge in [0.25, 0.3) is 5.91 Å². The minimum absolute atomic E-state index is 0.0307. The highest BCUT2D eigenvalue weighted by Crippen LogP contribution is 2.30. The summed E-state index contributed by atoms with van der Waals surface area (Å²) in [6.07, 6.45) is 3.97. The Labute approximate surface area is 192 Å². The average molecular weight is 446 g/mol. The number of carbonyl (C=O) groups excluding carboxylic acids is 2. The van der Waals surface area contributed by atoms with Gasteiger partial charge >= 0.3 is 0 Å². The van der Waals surface area contributed by atoms with Gasteiger partial charge in [-0.2, -0.15) is 0 Å². The van der Waals surface area contributed by atoms with E-state index < -0.39 is 0 Å². The fourth-order valence-corrected chi connectivity index (χ4v) is 4.44. The van der Waals surface area contributed by atoms with E-state index in [0.717, 1.165) is 38.8 Å². The first kappa shape index (κ1) is 24.5. The first-order valence-electron chi connectivity index (χ1n) is 11.9. The lowest BCUT2D eigenvalue weighted by Crippen LogP contribution is -2.46. The highest BCUT2D eigenvalue weighted by atomic mass is 16.5. The molecule has 32 heavy (non-hydrogen) atoms. The number of benzene rings is 1. The van der Waals surface area contributed by atoms with Crippen molar-refractivity contribution in [3.05, 3.63) is 23.8 Å². The minimum Gasteiger partial charge on any atom is -0.491 e. The van der Waals surface area contributed by atoms with E-state index in [9.17, 15) is 9.59 Å². The maximum absolute atomic E-state index is 13.4. The van der Waals surface area contributed by atoms with Crippen molar-refractivity contribution >= 4 is 17.5 Å². The van der Waals surface area contributed by atoms with Gasteiger partial charge in [-0.3, -0.25) is 14.5 Å². The molecule has 0 saturated heterocycles. The second-order valence-electron chi connectivity index (χ2n) is 9.42. The lowest BCUT2D eigenvalue weighted by molar-refractivity contribution is -0.122. The summed E-state index contributed by atoms with van der Waals surface area (Å²) >= 11 is 0. The van der Waals surface area contributed by atoms with Crippen molar-refractivity contribution in [2.45, 2.75) is 58.6 Å². The Morgan fingerprint density at radius 3 is 2.62 bits per heavy atom. The largest absolute Gasteiger partial charge is 0.491 e. The van der Waals surface area contributed by atoms with Crippen LogP contribution < -0.4 is 10.1 Å². The summed E-state index contributed by atoms with van der Waals surface area (Å²) in [5, 5.41) is 2.98. The van der Waals surface area contributed by atoms with Gasteiger partial charge in [0.2, 0.25) is 5.91 Å². The molecule has 1 N–H and O–H groups in total. The van der Waals surface area contributed by atoms with E-state index in [4.69, 9.17) is 9.47 Å². The quantitative estimate of drug-likeness (QED) is 0.749. The van der Waals surface area contributed by atoms with Crippen LogP contribution in [0.4, 0.5) is 5.69 Å². The van der Waals surface area contributed by atoms with Crippen molar-refractivity contribution in [3.63, 3.8) is 0 Å². The van der Waals surface area contributed by atoms with Crippen LogP contribution in [0.1, 0.15) is 56.8 Å². The monoisotopic (exact) mass is 445 g/mol. The van der Waals surface area contributed by atoms with Crippen LogP contribution in [-0.2, 0) is 9.53 Å². The molecule has 7 nitrogen and oxygen atoms in total. The first-order chi connectivity index (χ1) is 15.3. The van der Waals surface area contributed by atoms with Gasteiger partial charge in [0, 0.05) is 44.9 Å². The van der Waals surface area contributed by atoms with Crippen molar-refractivity contribution < 1.29 is 19.1 Å². The zero-order chi connectivity index (χ0) is 23.3. The summed E-state index contributed by atoms with van der Waals surface area (Å²) in [5.74, 6) is 0.793. The normalized spacial score (nSPS) is 25.7. The zero-order valence-corrected chi connectivity index (χ0v) is 20.2. The number of methoxy groups -OCH3 is 1. The molecule has 0 bridgehead atoms. The van der Waals surface area contributed by atoms with Gasteiger partial charge in [-0.05, 0) is 56.8 Å². The average Bonchev–Trinajstić information content (AvgIpc) is 2.73. The zero-order valence-electron chi connectivity index (χ0n) is 20.2. The van der Waals surface area contributed by atoms with Gasteiger partial charge in [0.15, 0.2) is 0 Å². The van der Waals surface area contributed by atoms with E-state index in [1.807, 2.05) is 6.07 Å². The fourth-order valence-electron chi connectivity index (χ4n) is 4.44. The van der Waals surface area contributed by atoms with E-state index in [2.05, 4.69) is 31.0 Å². The smallest absolute Gasteiger partial charge is 0.257 e.